The van der Waals surface area contributed by atoms with Crippen molar-refractivity contribution in [3.05, 3.63) is 108 Å². The van der Waals surface area contributed by atoms with Crippen molar-refractivity contribution in [2.24, 2.45) is 0 Å². The monoisotopic (exact) mass is 476 g/mol. The van der Waals surface area contributed by atoms with Crippen molar-refractivity contribution < 1.29 is 18.0 Å². The van der Waals surface area contributed by atoms with E-state index in [0.717, 1.165) is 29.9 Å². The molecule has 0 atom stereocenters. The number of nitrogens with two attached hydrogens (primary N) is 1. The molecule has 0 bridgehead atoms. The van der Waals surface area contributed by atoms with Gasteiger partial charge in [-0.15, -0.1) is 0 Å². The van der Waals surface area contributed by atoms with Crippen LogP contribution in [0.25, 0.3) is 11.1 Å². The summed E-state index contributed by atoms with van der Waals surface area (Å²) in [4.78, 5) is 17.3. The molecule has 4 aromatic rings. The minimum atomic E-state index is -4.42. The third kappa shape index (κ3) is 5.97. The van der Waals surface area contributed by atoms with E-state index in [1.807, 2.05) is 18.2 Å². The maximum atomic E-state index is 13.0. The molecule has 0 fully saturated rings. The minimum absolute atomic E-state index is 0.336. The van der Waals surface area contributed by atoms with Crippen molar-refractivity contribution in [2.75, 3.05) is 22.9 Å². The summed E-state index contributed by atoms with van der Waals surface area (Å²) >= 11 is 0. The summed E-state index contributed by atoms with van der Waals surface area (Å²) in [6.45, 7) is 0.646. The van der Waals surface area contributed by atoms with E-state index in [4.69, 9.17) is 5.73 Å². The first kappa shape index (κ1) is 23.8. The minimum Gasteiger partial charge on any atom is -0.397 e. The zero-order valence-corrected chi connectivity index (χ0v) is 18.6. The number of hydrogen-bond acceptors (Lipinski definition) is 4. The smallest absolute Gasteiger partial charge is 0.397 e. The Kier molecular flexibility index (Phi) is 7.01. The molecule has 0 radical (unpaired) electrons. The van der Waals surface area contributed by atoms with Crippen LogP contribution in [0, 0.1) is 0 Å². The summed E-state index contributed by atoms with van der Waals surface area (Å²) in [5.41, 5.74) is 9.48. The number of pyridine rings is 1. The molecule has 0 aliphatic carbocycles. The molecule has 0 spiro atoms. The van der Waals surface area contributed by atoms with E-state index < -0.39 is 17.6 Å². The Labute approximate surface area is 200 Å². The van der Waals surface area contributed by atoms with Gasteiger partial charge in [0.15, 0.2) is 0 Å². The highest BCUT2D eigenvalue weighted by Gasteiger charge is 2.30. The lowest BCUT2D eigenvalue weighted by molar-refractivity contribution is -0.137. The number of nitrogen functional groups attached to an aromatic ring is 1. The number of rotatable bonds is 7. The second-order valence-electron chi connectivity index (χ2n) is 7.87. The van der Waals surface area contributed by atoms with Gasteiger partial charge in [-0.3, -0.25) is 9.78 Å². The van der Waals surface area contributed by atoms with Gasteiger partial charge in [0.1, 0.15) is 0 Å². The normalized spacial score (nSPS) is 11.2. The number of hydrogen-bond donors (Lipinski definition) is 3. The number of benzene rings is 3. The Morgan fingerprint density at radius 2 is 1.66 bits per heavy atom. The zero-order chi connectivity index (χ0) is 24.8. The second kappa shape index (κ2) is 10.3. The number of alkyl halides is 3. The topological polar surface area (TPSA) is 80.0 Å². The lowest BCUT2D eigenvalue weighted by atomic mass is 9.98. The number of nitrogens with zero attached hydrogens (tertiary/aromatic N) is 1. The van der Waals surface area contributed by atoms with E-state index in [2.05, 4.69) is 15.6 Å². The van der Waals surface area contributed by atoms with Crippen LogP contribution in [-0.4, -0.2) is 17.4 Å². The molecular formula is C27H23F3N4O. The molecule has 3 aromatic carbocycles. The fraction of sp³-hybridized carbons (Fsp3) is 0.111. The first-order chi connectivity index (χ1) is 16.8. The summed E-state index contributed by atoms with van der Waals surface area (Å²) in [6.07, 6.45) is -1.94. The van der Waals surface area contributed by atoms with Crippen LogP contribution in [0.5, 0.6) is 0 Å². The summed E-state index contributed by atoms with van der Waals surface area (Å²) in [7, 11) is 0. The Bertz CT molecular complexity index is 1310. The first-order valence-electron chi connectivity index (χ1n) is 10.9. The number of anilines is 3. The molecule has 8 heteroatoms. The third-order valence-corrected chi connectivity index (χ3v) is 5.43. The highest BCUT2D eigenvalue weighted by molar-refractivity contribution is 6.09. The maximum Gasteiger partial charge on any atom is 0.416 e. The molecule has 1 amide bonds. The predicted octanol–water partition coefficient (Wildman–Crippen LogP) is 6.26. The van der Waals surface area contributed by atoms with Crippen LogP contribution in [0.1, 0.15) is 21.6 Å². The van der Waals surface area contributed by atoms with E-state index in [-0.39, 0.29) is 0 Å². The Balaban J connectivity index is 1.45. The van der Waals surface area contributed by atoms with Crippen LogP contribution in [0.2, 0.25) is 0 Å². The molecule has 35 heavy (non-hydrogen) atoms. The van der Waals surface area contributed by atoms with Gasteiger partial charge in [-0.2, -0.15) is 13.2 Å². The van der Waals surface area contributed by atoms with Crippen molar-refractivity contribution in [1.82, 2.24) is 4.98 Å². The van der Waals surface area contributed by atoms with E-state index in [9.17, 15) is 18.0 Å². The van der Waals surface area contributed by atoms with E-state index >= 15 is 0 Å². The van der Waals surface area contributed by atoms with Crippen LogP contribution in [0.4, 0.5) is 30.2 Å². The molecule has 5 nitrogen and oxygen atoms in total. The van der Waals surface area contributed by atoms with Crippen molar-refractivity contribution in [3.8, 4) is 11.1 Å². The quantitative estimate of drug-likeness (QED) is 0.275. The lowest BCUT2D eigenvalue weighted by Gasteiger charge is -2.14. The molecule has 1 heterocycles. The SMILES string of the molecule is Nc1cc(NC(=O)c2ccccc2-c2ccc(C(F)(F)F)cc2)ccc1NCCc1ccccn1. The van der Waals surface area contributed by atoms with Gasteiger partial charge in [-0.1, -0.05) is 36.4 Å². The van der Waals surface area contributed by atoms with Crippen molar-refractivity contribution in [2.45, 2.75) is 12.6 Å². The molecule has 4 N–H and O–H groups in total. The highest BCUT2D eigenvalue weighted by atomic mass is 19.4. The summed E-state index contributed by atoms with van der Waals surface area (Å²) < 4.78 is 38.7. The van der Waals surface area contributed by atoms with E-state index in [1.54, 1.807) is 48.7 Å². The number of halogens is 3. The summed E-state index contributed by atoms with van der Waals surface area (Å²) in [5, 5.41) is 6.08. The Morgan fingerprint density at radius 1 is 0.914 bits per heavy atom. The van der Waals surface area contributed by atoms with Gasteiger partial charge in [0.2, 0.25) is 0 Å². The zero-order valence-electron chi connectivity index (χ0n) is 18.6. The average Bonchev–Trinajstić information content (AvgIpc) is 2.85. The first-order valence-corrected chi connectivity index (χ1v) is 10.9. The van der Waals surface area contributed by atoms with E-state index in [1.165, 1.54) is 12.1 Å². The van der Waals surface area contributed by atoms with Gasteiger partial charge in [-0.25, -0.2) is 0 Å². The second-order valence-corrected chi connectivity index (χ2v) is 7.87. The third-order valence-electron chi connectivity index (χ3n) is 5.43. The number of carbonyl (C=O) groups excluding carboxylic acids is 1. The number of aromatic nitrogens is 1. The summed E-state index contributed by atoms with van der Waals surface area (Å²) in [5.74, 6) is -0.393. The largest absolute Gasteiger partial charge is 0.416 e. The number of nitrogens with one attached hydrogen (secondary N) is 2. The number of amides is 1. The van der Waals surface area contributed by atoms with Crippen LogP contribution >= 0.6 is 0 Å². The van der Waals surface area contributed by atoms with Gasteiger partial charge < -0.3 is 16.4 Å². The number of carbonyl (C=O) groups is 1. The molecular weight excluding hydrogens is 453 g/mol. The molecule has 0 saturated carbocycles. The van der Waals surface area contributed by atoms with E-state index in [0.29, 0.717) is 34.6 Å². The Morgan fingerprint density at radius 3 is 2.34 bits per heavy atom. The molecule has 178 valence electrons. The standard InChI is InChI=1S/C27H23F3N4O/c28-27(29,30)19-10-8-18(9-11-19)22-6-1-2-7-23(22)26(35)34-21-12-13-25(24(31)17-21)33-16-14-20-5-3-4-15-32-20/h1-13,15,17,33H,14,16,31H2,(H,34,35). The lowest BCUT2D eigenvalue weighted by Crippen LogP contribution is -2.14. The van der Waals surface area contributed by atoms with Crippen molar-refractivity contribution >= 4 is 23.0 Å². The molecule has 1 aromatic heterocycles. The van der Waals surface area contributed by atoms with Crippen molar-refractivity contribution in [1.29, 1.82) is 0 Å². The average molecular weight is 477 g/mol. The predicted molar refractivity (Wildman–Crippen MR) is 132 cm³/mol. The van der Waals surface area contributed by atoms with Crippen LogP contribution < -0.4 is 16.4 Å². The fourth-order valence-electron chi connectivity index (χ4n) is 3.64. The molecule has 0 saturated heterocycles. The Hall–Kier alpha value is -4.33. The van der Waals surface area contributed by atoms with Gasteiger partial charge in [0.05, 0.1) is 16.9 Å². The molecule has 0 aliphatic heterocycles. The molecule has 0 unspecified atom stereocenters. The van der Waals surface area contributed by atoms with Gasteiger partial charge in [-0.05, 0) is 59.7 Å². The van der Waals surface area contributed by atoms with Crippen LogP contribution in [0.15, 0.2) is 91.1 Å². The maximum absolute atomic E-state index is 13.0. The molecule has 0 aliphatic rings. The highest BCUT2D eigenvalue weighted by Crippen LogP contribution is 2.32. The van der Waals surface area contributed by atoms with Gasteiger partial charge in [0.25, 0.3) is 5.91 Å². The summed E-state index contributed by atoms with van der Waals surface area (Å²) in [6, 6.07) is 22.4. The van der Waals surface area contributed by atoms with Crippen LogP contribution in [-0.2, 0) is 12.6 Å². The van der Waals surface area contributed by atoms with Crippen LogP contribution in [0.3, 0.4) is 0 Å². The van der Waals surface area contributed by atoms with Crippen molar-refractivity contribution in [3.63, 3.8) is 0 Å². The van der Waals surface area contributed by atoms with Gasteiger partial charge in [0, 0.05) is 36.1 Å². The van der Waals surface area contributed by atoms with Gasteiger partial charge >= 0.3 is 6.18 Å². The fourth-order valence-corrected chi connectivity index (χ4v) is 3.64. The molecule has 4 rings (SSSR count).